The van der Waals surface area contributed by atoms with E-state index in [1.807, 2.05) is 6.07 Å². The Balaban J connectivity index is 2.24. The highest BCUT2D eigenvalue weighted by molar-refractivity contribution is 6.30. The molecule has 0 atom stereocenters. The van der Waals surface area contributed by atoms with Crippen molar-refractivity contribution < 1.29 is 4.79 Å². The molecule has 0 aliphatic carbocycles. The number of anilines is 1. The molecule has 1 aromatic carbocycles. The molecule has 0 spiro atoms. The lowest BCUT2D eigenvalue weighted by atomic mass is 10.2. The van der Waals surface area contributed by atoms with Crippen LogP contribution in [0, 0.1) is 11.3 Å². The summed E-state index contributed by atoms with van der Waals surface area (Å²) in [5.74, 6) is -0.372. The number of nitriles is 1. The van der Waals surface area contributed by atoms with E-state index >= 15 is 0 Å². The van der Waals surface area contributed by atoms with Crippen molar-refractivity contribution >= 4 is 34.8 Å². The van der Waals surface area contributed by atoms with E-state index in [-0.39, 0.29) is 5.91 Å². The molecule has 2 aromatic rings. The number of aromatic nitrogens is 1. The average molecular weight is 292 g/mol. The van der Waals surface area contributed by atoms with E-state index in [1.165, 1.54) is 18.3 Å². The Morgan fingerprint density at radius 3 is 2.68 bits per heavy atom. The number of amides is 1. The molecule has 0 aliphatic heterocycles. The van der Waals surface area contributed by atoms with Gasteiger partial charge in [-0.25, -0.2) is 4.98 Å². The summed E-state index contributed by atoms with van der Waals surface area (Å²) in [6.07, 6.45) is 1.36. The number of nitrogens with one attached hydrogen (secondary N) is 1. The molecule has 0 saturated carbocycles. The van der Waals surface area contributed by atoms with Crippen LogP contribution in [0.25, 0.3) is 0 Å². The number of pyridine rings is 1. The summed E-state index contributed by atoms with van der Waals surface area (Å²) in [6.45, 7) is 0. The van der Waals surface area contributed by atoms with Crippen molar-refractivity contribution in [3.05, 3.63) is 57.8 Å². The summed E-state index contributed by atoms with van der Waals surface area (Å²) in [5.41, 5.74) is 1.04. The first-order chi connectivity index (χ1) is 9.10. The van der Waals surface area contributed by atoms with Crippen molar-refractivity contribution in [2.24, 2.45) is 0 Å². The molecule has 0 bridgehead atoms. The molecule has 2 rings (SSSR count). The zero-order chi connectivity index (χ0) is 13.8. The first-order valence-electron chi connectivity index (χ1n) is 5.22. The largest absolute Gasteiger partial charge is 0.321 e. The molecule has 0 saturated heterocycles. The van der Waals surface area contributed by atoms with E-state index in [0.717, 1.165) is 0 Å². The van der Waals surface area contributed by atoms with Crippen LogP contribution in [0.2, 0.25) is 10.2 Å². The molecule has 0 unspecified atom stereocenters. The Kier molecular flexibility index (Phi) is 4.00. The van der Waals surface area contributed by atoms with Crippen LogP contribution in [0.5, 0.6) is 0 Å². The van der Waals surface area contributed by atoms with Crippen molar-refractivity contribution in [3.8, 4) is 6.07 Å². The van der Waals surface area contributed by atoms with Crippen molar-refractivity contribution in [1.29, 1.82) is 5.26 Å². The van der Waals surface area contributed by atoms with Gasteiger partial charge in [0.25, 0.3) is 5.91 Å². The fourth-order valence-electron chi connectivity index (χ4n) is 1.42. The number of benzene rings is 1. The standard InChI is InChI=1S/C13H7Cl2N3O/c14-10-2-3-11(9(5-10)6-16)18-13(19)8-1-4-12(15)17-7-8/h1-5,7H,(H,18,19). The highest BCUT2D eigenvalue weighted by Crippen LogP contribution is 2.20. The molecule has 1 aromatic heterocycles. The van der Waals surface area contributed by atoms with Gasteiger partial charge in [-0.1, -0.05) is 23.2 Å². The first kappa shape index (κ1) is 13.3. The number of hydrogen-bond acceptors (Lipinski definition) is 3. The molecule has 1 amide bonds. The fraction of sp³-hybridized carbons (Fsp3) is 0. The van der Waals surface area contributed by atoms with Crippen molar-refractivity contribution in [2.75, 3.05) is 5.32 Å². The van der Waals surface area contributed by atoms with E-state index < -0.39 is 0 Å². The maximum Gasteiger partial charge on any atom is 0.257 e. The van der Waals surface area contributed by atoms with E-state index in [9.17, 15) is 4.79 Å². The molecule has 6 heteroatoms. The second-order valence-corrected chi connectivity index (χ2v) is 4.45. The number of hydrogen-bond donors (Lipinski definition) is 1. The van der Waals surface area contributed by atoms with Gasteiger partial charge in [0.2, 0.25) is 0 Å². The Morgan fingerprint density at radius 1 is 1.26 bits per heavy atom. The fourth-order valence-corrected chi connectivity index (χ4v) is 1.71. The van der Waals surface area contributed by atoms with E-state index in [2.05, 4.69) is 10.3 Å². The zero-order valence-electron chi connectivity index (χ0n) is 9.52. The lowest BCUT2D eigenvalue weighted by molar-refractivity contribution is 0.102. The third kappa shape index (κ3) is 3.22. The predicted octanol–water partition coefficient (Wildman–Crippen LogP) is 3.51. The lowest BCUT2D eigenvalue weighted by Crippen LogP contribution is -2.13. The van der Waals surface area contributed by atoms with Gasteiger partial charge in [-0.15, -0.1) is 0 Å². The average Bonchev–Trinajstić information content (AvgIpc) is 2.41. The van der Waals surface area contributed by atoms with Crippen LogP contribution in [0.4, 0.5) is 5.69 Å². The number of carbonyl (C=O) groups excluding carboxylic acids is 1. The van der Waals surface area contributed by atoms with Crippen molar-refractivity contribution in [3.63, 3.8) is 0 Å². The number of rotatable bonds is 2. The summed E-state index contributed by atoms with van der Waals surface area (Å²) in [6, 6.07) is 9.68. The normalized spacial score (nSPS) is 9.74. The van der Waals surface area contributed by atoms with Crippen molar-refractivity contribution in [1.82, 2.24) is 4.98 Å². The highest BCUT2D eigenvalue weighted by Gasteiger charge is 2.10. The topological polar surface area (TPSA) is 65.8 Å². The summed E-state index contributed by atoms with van der Waals surface area (Å²) < 4.78 is 0. The first-order valence-corrected chi connectivity index (χ1v) is 5.98. The quantitative estimate of drug-likeness (QED) is 0.861. The summed E-state index contributed by atoms with van der Waals surface area (Å²) in [4.78, 5) is 15.8. The van der Waals surface area contributed by atoms with Gasteiger partial charge in [0.15, 0.2) is 0 Å². The maximum atomic E-state index is 11.9. The molecule has 0 fully saturated rings. The second-order valence-electron chi connectivity index (χ2n) is 3.63. The molecule has 1 N–H and O–H groups in total. The van der Waals surface area contributed by atoms with Gasteiger partial charge < -0.3 is 5.32 Å². The minimum absolute atomic E-state index is 0.294. The van der Waals surface area contributed by atoms with Crippen LogP contribution in [0.15, 0.2) is 36.5 Å². The van der Waals surface area contributed by atoms with E-state index in [1.54, 1.807) is 18.2 Å². The van der Waals surface area contributed by atoms with Crippen LogP contribution < -0.4 is 5.32 Å². The molecule has 4 nitrogen and oxygen atoms in total. The van der Waals surface area contributed by atoms with Crippen LogP contribution in [0.1, 0.15) is 15.9 Å². The number of halogens is 2. The van der Waals surface area contributed by atoms with Crippen LogP contribution in [0.3, 0.4) is 0 Å². The van der Waals surface area contributed by atoms with E-state index in [0.29, 0.717) is 27.0 Å². The molecule has 1 heterocycles. The lowest BCUT2D eigenvalue weighted by Gasteiger charge is -2.07. The van der Waals surface area contributed by atoms with Crippen LogP contribution >= 0.6 is 23.2 Å². The van der Waals surface area contributed by atoms with Crippen LogP contribution in [-0.4, -0.2) is 10.9 Å². The van der Waals surface area contributed by atoms with Crippen molar-refractivity contribution in [2.45, 2.75) is 0 Å². The van der Waals surface area contributed by atoms with Gasteiger partial charge in [-0.2, -0.15) is 5.26 Å². The number of nitrogens with zero attached hydrogens (tertiary/aromatic N) is 2. The van der Waals surface area contributed by atoms with Gasteiger partial charge in [-0.3, -0.25) is 4.79 Å². The third-order valence-corrected chi connectivity index (χ3v) is 2.80. The third-order valence-electron chi connectivity index (χ3n) is 2.34. The summed E-state index contributed by atoms with van der Waals surface area (Å²) in [7, 11) is 0. The second kappa shape index (κ2) is 5.70. The number of carbonyl (C=O) groups is 1. The summed E-state index contributed by atoms with van der Waals surface area (Å²) in [5, 5.41) is 12.3. The Bertz CT molecular complexity index is 663. The Hall–Kier alpha value is -2.09. The molecule has 0 radical (unpaired) electrons. The SMILES string of the molecule is N#Cc1cc(Cl)ccc1NC(=O)c1ccc(Cl)nc1. The summed E-state index contributed by atoms with van der Waals surface area (Å²) >= 11 is 11.4. The monoisotopic (exact) mass is 291 g/mol. The van der Waals surface area contributed by atoms with Gasteiger partial charge in [0, 0.05) is 11.2 Å². The van der Waals surface area contributed by atoms with Gasteiger partial charge in [0.05, 0.1) is 16.8 Å². The van der Waals surface area contributed by atoms with E-state index in [4.69, 9.17) is 28.5 Å². The van der Waals surface area contributed by atoms with Gasteiger partial charge in [-0.05, 0) is 30.3 Å². The van der Waals surface area contributed by atoms with Gasteiger partial charge in [0.1, 0.15) is 11.2 Å². The zero-order valence-corrected chi connectivity index (χ0v) is 11.0. The highest BCUT2D eigenvalue weighted by atomic mass is 35.5. The molecular formula is C13H7Cl2N3O. The molecule has 19 heavy (non-hydrogen) atoms. The minimum atomic E-state index is -0.372. The molecule has 94 valence electrons. The Morgan fingerprint density at radius 2 is 2.05 bits per heavy atom. The predicted molar refractivity (Wildman–Crippen MR) is 73.4 cm³/mol. The smallest absolute Gasteiger partial charge is 0.257 e. The maximum absolute atomic E-state index is 11.9. The molecule has 0 aliphatic rings. The van der Waals surface area contributed by atoms with Gasteiger partial charge >= 0.3 is 0 Å². The minimum Gasteiger partial charge on any atom is -0.321 e. The molecular weight excluding hydrogens is 285 g/mol. The Labute approximate surface area is 119 Å². The van der Waals surface area contributed by atoms with Crippen LogP contribution in [-0.2, 0) is 0 Å².